The quantitative estimate of drug-likeness (QED) is 0.371. The minimum atomic E-state index is -4.01. The first-order valence-electron chi connectivity index (χ1n) is 9.98. The molecule has 11 heteroatoms. The first-order chi connectivity index (χ1) is 15.5. The largest absolute Gasteiger partial charge is 0.452 e. The average molecular weight is 478 g/mol. The summed E-state index contributed by atoms with van der Waals surface area (Å²) in [6, 6.07) is 8.61. The maximum atomic E-state index is 13.0. The van der Waals surface area contributed by atoms with Crippen LogP contribution in [0.1, 0.15) is 27.0 Å². The Labute approximate surface area is 192 Å². The molecular weight excluding hydrogens is 450 g/mol. The third-order valence-corrected chi connectivity index (χ3v) is 6.11. The predicted octanol–water partition coefficient (Wildman–Crippen LogP) is 2.04. The summed E-state index contributed by atoms with van der Waals surface area (Å²) >= 11 is 0. The number of hydrogen-bond donors (Lipinski definition) is 3. The molecule has 3 amide bonds. The number of hydrogen-bond acceptors (Lipinski definition) is 7. The Morgan fingerprint density at radius 3 is 2.27 bits per heavy atom. The first kappa shape index (κ1) is 25.8. The number of amides is 3. The molecule has 2 aromatic carbocycles. The molecule has 0 aliphatic heterocycles. The van der Waals surface area contributed by atoms with Crippen molar-refractivity contribution in [3.63, 3.8) is 0 Å². The Morgan fingerprint density at radius 2 is 1.64 bits per heavy atom. The van der Waals surface area contributed by atoms with Crippen molar-refractivity contribution in [1.29, 1.82) is 0 Å². The molecule has 33 heavy (non-hydrogen) atoms. The van der Waals surface area contributed by atoms with Crippen LogP contribution in [0.4, 0.5) is 10.5 Å². The van der Waals surface area contributed by atoms with Gasteiger partial charge in [0.2, 0.25) is 0 Å². The number of sulfonamides is 1. The summed E-state index contributed by atoms with van der Waals surface area (Å²) in [5.41, 5.74) is 1.99. The summed E-state index contributed by atoms with van der Waals surface area (Å²) in [4.78, 5) is 36.0. The first-order valence-corrected chi connectivity index (χ1v) is 11.5. The highest BCUT2D eigenvalue weighted by molar-refractivity contribution is 7.92. The number of imide groups is 1. The standard InChI is InChI=1S/C22H27N3O7S/c1-14-11-15(2)20(16(3)12-14)33(29,30)25-18-8-6-5-7-17(18)21(27)32-13-19(26)24-22(28)23-9-10-31-4/h5-8,11-12,25H,9-10,13H2,1-4H3,(H2,23,24,26,28). The highest BCUT2D eigenvalue weighted by Crippen LogP contribution is 2.26. The second-order valence-electron chi connectivity index (χ2n) is 7.25. The van der Waals surface area contributed by atoms with Crippen LogP contribution in [-0.4, -0.2) is 53.2 Å². The molecule has 0 atom stereocenters. The molecule has 0 aliphatic rings. The number of ether oxygens (including phenoxy) is 2. The molecule has 0 radical (unpaired) electrons. The van der Waals surface area contributed by atoms with Crippen LogP contribution in [0.15, 0.2) is 41.3 Å². The molecule has 2 rings (SSSR count). The zero-order chi connectivity index (χ0) is 24.6. The number of nitrogens with one attached hydrogen (secondary N) is 3. The molecular formula is C22H27N3O7S. The van der Waals surface area contributed by atoms with E-state index in [0.29, 0.717) is 11.1 Å². The van der Waals surface area contributed by atoms with E-state index < -0.39 is 34.5 Å². The van der Waals surface area contributed by atoms with Crippen molar-refractivity contribution in [2.75, 3.05) is 31.6 Å². The van der Waals surface area contributed by atoms with Gasteiger partial charge >= 0.3 is 12.0 Å². The van der Waals surface area contributed by atoms with Crippen molar-refractivity contribution in [3.8, 4) is 0 Å². The second-order valence-corrected chi connectivity index (χ2v) is 8.87. The van der Waals surface area contributed by atoms with E-state index in [9.17, 15) is 22.8 Å². The van der Waals surface area contributed by atoms with Crippen molar-refractivity contribution >= 4 is 33.6 Å². The number of anilines is 1. The molecule has 0 saturated carbocycles. The number of benzene rings is 2. The maximum Gasteiger partial charge on any atom is 0.340 e. The van der Waals surface area contributed by atoms with Crippen LogP contribution in [0.5, 0.6) is 0 Å². The number of urea groups is 1. The van der Waals surface area contributed by atoms with E-state index >= 15 is 0 Å². The lowest BCUT2D eigenvalue weighted by Crippen LogP contribution is -2.42. The third-order valence-electron chi connectivity index (χ3n) is 4.44. The van der Waals surface area contributed by atoms with Gasteiger partial charge in [0.25, 0.3) is 15.9 Å². The van der Waals surface area contributed by atoms with E-state index in [4.69, 9.17) is 9.47 Å². The zero-order valence-electron chi connectivity index (χ0n) is 18.9. The summed E-state index contributed by atoms with van der Waals surface area (Å²) in [5, 5.41) is 4.39. The van der Waals surface area contributed by atoms with Gasteiger partial charge in [-0.2, -0.15) is 0 Å². The van der Waals surface area contributed by atoms with Crippen molar-refractivity contribution in [2.45, 2.75) is 25.7 Å². The molecule has 10 nitrogen and oxygen atoms in total. The van der Waals surface area contributed by atoms with Crippen LogP contribution >= 0.6 is 0 Å². The number of rotatable bonds is 9. The van der Waals surface area contributed by atoms with E-state index in [0.717, 1.165) is 5.56 Å². The number of aryl methyl sites for hydroxylation is 3. The van der Waals surface area contributed by atoms with E-state index in [1.807, 2.05) is 12.2 Å². The minimum absolute atomic E-state index is 0.000378. The molecule has 0 unspecified atom stereocenters. The van der Waals surface area contributed by atoms with Gasteiger partial charge < -0.3 is 14.8 Å². The lowest BCUT2D eigenvalue weighted by molar-refractivity contribution is -0.123. The van der Waals surface area contributed by atoms with Gasteiger partial charge in [0.05, 0.1) is 22.8 Å². The molecule has 0 aromatic heterocycles. The highest BCUT2D eigenvalue weighted by Gasteiger charge is 2.23. The van der Waals surface area contributed by atoms with E-state index in [1.54, 1.807) is 32.0 Å². The number of para-hydroxylation sites is 1. The molecule has 0 saturated heterocycles. The molecule has 178 valence electrons. The Balaban J connectivity index is 2.10. The number of esters is 1. The number of carbonyl (C=O) groups excluding carboxylic acids is 3. The van der Waals surface area contributed by atoms with Crippen LogP contribution in [0.25, 0.3) is 0 Å². The summed E-state index contributed by atoms with van der Waals surface area (Å²) < 4.78 is 38.2. The van der Waals surface area contributed by atoms with Gasteiger partial charge in [0.1, 0.15) is 0 Å². The van der Waals surface area contributed by atoms with Crippen molar-refractivity contribution in [1.82, 2.24) is 10.6 Å². The zero-order valence-corrected chi connectivity index (χ0v) is 19.7. The summed E-state index contributed by atoms with van der Waals surface area (Å²) in [7, 11) is -2.54. The Morgan fingerprint density at radius 1 is 1.00 bits per heavy atom. The van der Waals surface area contributed by atoms with Gasteiger partial charge in [-0.25, -0.2) is 18.0 Å². The Kier molecular flexibility index (Phi) is 8.94. The van der Waals surface area contributed by atoms with Crippen molar-refractivity contribution in [2.24, 2.45) is 0 Å². The van der Waals surface area contributed by atoms with E-state index in [1.165, 1.54) is 25.3 Å². The van der Waals surface area contributed by atoms with Crippen LogP contribution < -0.4 is 15.4 Å². The summed E-state index contributed by atoms with van der Waals surface area (Å²) in [5.74, 6) is -1.78. The molecule has 0 heterocycles. The third kappa shape index (κ3) is 7.29. The maximum absolute atomic E-state index is 13.0. The molecule has 2 aromatic rings. The van der Waals surface area contributed by atoms with Crippen LogP contribution in [0.3, 0.4) is 0 Å². The van der Waals surface area contributed by atoms with Gasteiger partial charge in [-0.3, -0.25) is 14.8 Å². The van der Waals surface area contributed by atoms with Gasteiger partial charge in [0.15, 0.2) is 6.61 Å². The number of methoxy groups -OCH3 is 1. The Bertz CT molecular complexity index is 1120. The van der Waals surface area contributed by atoms with Gasteiger partial charge in [0, 0.05) is 13.7 Å². The topological polar surface area (TPSA) is 140 Å². The predicted molar refractivity (Wildman–Crippen MR) is 122 cm³/mol. The Hall–Kier alpha value is -3.44. The van der Waals surface area contributed by atoms with Gasteiger partial charge in [-0.1, -0.05) is 29.8 Å². The number of carbonyl (C=O) groups is 3. The fourth-order valence-electron chi connectivity index (χ4n) is 3.22. The smallest absolute Gasteiger partial charge is 0.340 e. The fraction of sp³-hybridized carbons (Fsp3) is 0.318. The van der Waals surface area contributed by atoms with Gasteiger partial charge in [-0.15, -0.1) is 0 Å². The van der Waals surface area contributed by atoms with Crippen LogP contribution in [0.2, 0.25) is 0 Å². The second kappa shape index (κ2) is 11.4. The fourth-order valence-corrected chi connectivity index (χ4v) is 4.75. The van der Waals surface area contributed by atoms with Gasteiger partial charge in [-0.05, 0) is 44.0 Å². The highest BCUT2D eigenvalue weighted by atomic mass is 32.2. The van der Waals surface area contributed by atoms with Crippen LogP contribution in [-0.2, 0) is 24.3 Å². The normalized spacial score (nSPS) is 10.9. The van der Waals surface area contributed by atoms with Crippen molar-refractivity contribution < 1.29 is 32.3 Å². The van der Waals surface area contributed by atoms with E-state index in [2.05, 4.69) is 10.0 Å². The van der Waals surface area contributed by atoms with Crippen LogP contribution in [0, 0.1) is 20.8 Å². The monoisotopic (exact) mass is 477 g/mol. The molecule has 0 aliphatic carbocycles. The van der Waals surface area contributed by atoms with E-state index in [-0.39, 0.29) is 29.3 Å². The minimum Gasteiger partial charge on any atom is -0.452 e. The summed E-state index contributed by atoms with van der Waals surface area (Å²) in [6.45, 7) is 4.99. The van der Waals surface area contributed by atoms with Crippen molar-refractivity contribution in [3.05, 3.63) is 58.7 Å². The molecule has 0 fully saturated rings. The molecule has 3 N–H and O–H groups in total. The molecule has 0 bridgehead atoms. The molecule has 0 spiro atoms. The summed E-state index contributed by atoms with van der Waals surface area (Å²) in [6.07, 6.45) is 0. The SMILES string of the molecule is COCCNC(=O)NC(=O)COC(=O)c1ccccc1NS(=O)(=O)c1c(C)cc(C)cc1C. The lowest BCUT2D eigenvalue weighted by atomic mass is 10.1. The lowest BCUT2D eigenvalue weighted by Gasteiger charge is -2.16. The average Bonchev–Trinajstić information content (AvgIpc) is 2.71.